The van der Waals surface area contributed by atoms with Crippen LogP contribution < -0.4 is 5.73 Å². The van der Waals surface area contributed by atoms with Gasteiger partial charge in [0.1, 0.15) is 6.04 Å². The zero-order valence-electron chi connectivity index (χ0n) is 7.88. The predicted molar refractivity (Wildman–Crippen MR) is 44.6 cm³/mol. The highest BCUT2D eigenvalue weighted by Gasteiger charge is 2.47. The van der Waals surface area contributed by atoms with Gasteiger partial charge in [0.05, 0.1) is 0 Å². The maximum atomic E-state index is 12.4. The molecule has 1 rings (SSSR count). The fraction of sp³-hybridized carbons (Fsp3) is 0.750. The van der Waals surface area contributed by atoms with E-state index in [1.54, 1.807) is 0 Å². The largest absolute Gasteiger partial charge is 0.410 e. The predicted octanol–water partition coefficient (Wildman–Crippen LogP) is 0.415. The first-order valence-electron chi connectivity index (χ1n) is 4.49. The van der Waals surface area contributed by atoms with E-state index in [0.717, 1.165) is 0 Å². The third-order valence-electron chi connectivity index (χ3n) is 2.23. The molecule has 1 aliphatic heterocycles. The molecule has 4 nitrogen and oxygen atoms in total. The Bertz CT molecular complexity index is 262. The maximum Gasteiger partial charge on any atom is 0.410 e. The van der Waals surface area contributed by atoms with Crippen molar-refractivity contribution < 1.29 is 22.8 Å². The van der Waals surface area contributed by atoms with Crippen molar-refractivity contribution in [1.29, 1.82) is 0 Å². The van der Waals surface area contributed by atoms with E-state index in [1.165, 1.54) is 0 Å². The summed E-state index contributed by atoms with van der Waals surface area (Å²) in [7, 11) is 0. The number of imide groups is 1. The molecular weight excluding hydrogens is 213 g/mol. The van der Waals surface area contributed by atoms with Gasteiger partial charge in [-0.25, -0.2) is 0 Å². The third-order valence-corrected chi connectivity index (χ3v) is 2.23. The van der Waals surface area contributed by atoms with Gasteiger partial charge >= 0.3 is 6.18 Å². The SMILES string of the molecule is NCC(N1C(=O)CCCC1=O)C(F)(F)F. The van der Waals surface area contributed by atoms with Crippen LogP contribution in [0.2, 0.25) is 0 Å². The minimum absolute atomic E-state index is 0.0294. The lowest BCUT2D eigenvalue weighted by atomic mass is 10.1. The molecule has 0 aliphatic carbocycles. The molecule has 2 N–H and O–H groups in total. The number of amides is 2. The van der Waals surface area contributed by atoms with Gasteiger partial charge in [-0.15, -0.1) is 0 Å². The minimum atomic E-state index is -4.66. The summed E-state index contributed by atoms with van der Waals surface area (Å²) < 4.78 is 37.3. The highest BCUT2D eigenvalue weighted by molar-refractivity contribution is 5.98. The fourth-order valence-corrected chi connectivity index (χ4v) is 1.50. The highest BCUT2D eigenvalue weighted by atomic mass is 19.4. The molecule has 2 amide bonds. The molecule has 15 heavy (non-hydrogen) atoms. The number of likely N-dealkylation sites (tertiary alicyclic amines) is 1. The van der Waals surface area contributed by atoms with Gasteiger partial charge in [0.2, 0.25) is 11.8 Å². The van der Waals surface area contributed by atoms with Crippen molar-refractivity contribution in [3.05, 3.63) is 0 Å². The number of nitrogens with zero attached hydrogens (tertiary/aromatic N) is 1. The molecule has 1 atom stereocenters. The number of halogens is 3. The van der Waals surface area contributed by atoms with Gasteiger partial charge in [-0.05, 0) is 6.42 Å². The summed E-state index contributed by atoms with van der Waals surface area (Å²) in [5.41, 5.74) is 4.95. The van der Waals surface area contributed by atoms with E-state index in [1.807, 2.05) is 0 Å². The molecule has 0 saturated carbocycles. The van der Waals surface area contributed by atoms with Crippen molar-refractivity contribution >= 4 is 11.8 Å². The van der Waals surface area contributed by atoms with Crippen molar-refractivity contribution in [3.63, 3.8) is 0 Å². The first-order valence-corrected chi connectivity index (χ1v) is 4.49. The van der Waals surface area contributed by atoms with Crippen LogP contribution in [0.25, 0.3) is 0 Å². The van der Waals surface area contributed by atoms with E-state index in [-0.39, 0.29) is 17.7 Å². The van der Waals surface area contributed by atoms with E-state index in [0.29, 0.717) is 6.42 Å². The summed E-state index contributed by atoms with van der Waals surface area (Å²) in [4.78, 5) is 22.7. The quantitative estimate of drug-likeness (QED) is 0.691. The van der Waals surface area contributed by atoms with Crippen LogP contribution in [0.15, 0.2) is 0 Å². The second-order valence-electron chi connectivity index (χ2n) is 3.30. The summed E-state index contributed by atoms with van der Waals surface area (Å²) in [6.07, 6.45) is -4.41. The van der Waals surface area contributed by atoms with Crippen LogP contribution in [0.4, 0.5) is 13.2 Å². The molecule has 0 spiro atoms. The average molecular weight is 224 g/mol. The van der Waals surface area contributed by atoms with Crippen molar-refractivity contribution in [1.82, 2.24) is 4.90 Å². The average Bonchev–Trinajstić information content (AvgIpc) is 2.09. The summed E-state index contributed by atoms with van der Waals surface area (Å²) in [6, 6.07) is -2.18. The zero-order valence-corrected chi connectivity index (χ0v) is 7.88. The Kier molecular flexibility index (Phi) is 3.33. The summed E-state index contributed by atoms with van der Waals surface area (Å²) >= 11 is 0. The van der Waals surface area contributed by atoms with Gasteiger partial charge in [-0.1, -0.05) is 0 Å². The number of hydrogen-bond acceptors (Lipinski definition) is 3. The maximum absolute atomic E-state index is 12.4. The number of nitrogens with two attached hydrogens (primary N) is 1. The van der Waals surface area contributed by atoms with Gasteiger partial charge < -0.3 is 5.73 Å². The van der Waals surface area contributed by atoms with Crippen LogP contribution in [0, 0.1) is 0 Å². The van der Waals surface area contributed by atoms with E-state index in [2.05, 4.69) is 0 Å². The van der Waals surface area contributed by atoms with Crippen LogP contribution in [0.5, 0.6) is 0 Å². The summed E-state index contributed by atoms with van der Waals surface area (Å²) in [6.45, 7) is -0.791. The second-order valence-corrected chi connectivity index (χ2v) is 3.30. The van der Waals surface area contributed by atoms with Crippen molar-refractivity contribution in [2.24, 2.45) is 5.73 Å². The number of rotatable bonds is 2. The molecule has 1 unspecified atom stereocenters. The van der Waals surface area contributed by atoms with Gasteiger partial charge in [-0.2, -0.15) is 13.2 Å². The lowest BCUT2D eigenvalue weighted by Gasteiger charge is -2.33. The topological polar surface area (TPSA) is 63.4 Å². The zero-order chi connectivity index (χ0) is 11.6. The number of piperidine rings is 1. The van der Waals surface area contributed by atoms with Crippen LogP contribution in [0.1, 0.15) is 19.3 Å². The first-order chi connectivity index (χ1) is 6.88. The van der Waals surface area contributed by atoms with Crippen LogP contribution >= 0.6 is 0 Å². The minimum Gasteiger partial charge on any atom is -0.328 e. The van der Waals surface area contributed by atoms with E-state index in [4.69, 9.17) is 5.73 Å². The van der Waals surface area contributed by atoms with Crippen molar-refractivity contribution in [2.45, 2.75) is 31.5 Å². The number of alkyl halides is 3. The molecule has 1 heterocycles. The van der Waals surface area contributed by atoms with Gasteiger partial charge in [-0.3, -0.25) is 14.5 Å². The van der Waals surface area contributed by atoms with Gasteiger partial charge in [0.25, 0.3) is 0 Å². The Morgan fingerprint density at radius 3 is 2.07 bits per heavy atom. The molecule has 1 fully saturated rings. The Morgan fingerprint density at radius 2 is 1.73 bits per heavy atom. The standard InChI is InChI=1S/C8H11F3N2O2/c9-8(10,11)5(4-12)13-6(14)2-1-3-7(13)15/h5H,1-4,12H2. The normalized spacial score (nSPS) is 20.7. The van der Waals surface area contributed by atoms with E-state index >= 15 is 0 Å². The Labute approximate surface area is 84.2 Å². The highest BCUT2D eigenvalue weighted by Crippen LogP contribution is 2.27. The molecule has 0 aromatic rings. The van der Waals surface area contributed by atoms with Crippen LogP contribution in [-0.4, -0.2) is 35.5 Å². The summed E-state index contributed by atoms with van der Waals surface area (Å²) in [5.74, 6) is -1.59. The number of carbonyl (C=O) groups excluding carboxylic acids is 2. The van der Waals surface area contributed by atoms with Gasteiger partial charge in [0.15, 0.2) is 0 Å². The van der Waals surface area contributed by atoms with Crippen LogP contribution in [-0.2, 0) is 9.59 Å². The molecule has 86 valence electrons. The summed E-state index contributed by atoms with van der Waals surface area (Å²) in [5, 5.41) is 0. The molecule has 0 aromatic carbocycles. The van der Waals surface area contributed by atoms with Crippen molar-refractivity contribution in [3.8, 4) is 0 Å². The van der Waals surface area contributed by atoms with Crippen LogP contribution in [0.3, 0.4) is 0 Å². The monoisotopic (exact) mass is 224 g/mol. The molecular formula is C8H11F3N2O2. The molecule has 0 aromatic heterocycles. The second kappa shape index (κ2) is 4.18. The Hall–Kier alpha value is -1.11. The van der Waals surface area contributed by atoms with Gasteiger partial charge in [0, 0.05) is 19.4 Å². The lowest BCUT2D eigenvalue weighted by molar-refractivity contribution is -0.193. The molecule has 1 aliphatic rings. The number of carbonyl (C=O) groups is 2. The molecule has 0 bridgehead atoms. The lowest BCUT2D eigenvalue weighted by Crippen LogP contribution is -2.56. The number of hydrogen-bond donors (Lipinski definition) is 1. The molecule has 0 radical (unpaired) electrons. The third kappa shape index (κ3) is 2.47. The first kappa shape index (κ1) is 12.0. The van der Waals surface area contributed by atoms with Crippen molar-refractivity contribution in [2.75, 3.05) is 6.54 Å². The van der Waals surface area contributed by atoms with E-state index < -0.39 is 30.6 Å². The Morgan fingerprint density at radius 1 is 1.27 bits per heavy atom. The fourth-order valence-electron chi connectivity index (χ4n) is 1.50. The van der Waals surface area contributed by atoms with E-state index in [9.17, 15) is 22.8 Å². The Balaban J connectivity index is 2.91. The smallest absolute Gasteiger partial charge is 0.328 e. The molecule has 7 heteroatoms. The molecule has 1 saturated heterocycles.